The number of amides is 3. The van der Waals surface area contributed by atoms with Gasteiger partial charge in [0, 0.05) is 40.4 Å². The Bertz CT molecular complexity index is 2060. The van der Waals surface area contributed by atoms with Crippen LogP contribution < -0.4 is 26.4 Å². The predicted molar refractivity (Wildman–Crippen MR) is 184 cm³/mol. The van der Waals surface area contributed by atoms with Gasteiger partial charge in [-0.15, -0.1) is 0 Å². The van der Waals surface area contributed by atoms with Crippen LogP contribution in [0.3, 0.4) is 0 Å². The molecule has 0 bridgehead atoms. The molecule has 0 aliphatic heterocycles. The number of aryl methyl sites for hydroxylation is 2. The van der Waals surface area contributed by atoms with Gasteiger partial charge in [-0.25, -0.2) is 14.5 Å². The molecule has 6 aromatic rings. The van der Waals surface area contributed by atoms with Crippen LogP contribution in [-0.4, -0.2) is 31.7 Å². The Hall–Kier alpha value is -6.23. The van der Waals surface area contributed by atoms with Crippen molar-refractivity contribution in [3.63, 3.8) is 0 Å². The molecule has 2 aromatic heterocycles. The maximum Gasteiger partial charge on any atom is 0.324 e. The highest BCUT2D eigenvalue weighted by molar-refractivity contribution is 6.07. The van der Waals surface area contributed by atoms with Crippen LogP contribution in [-0.2, 0) is 6.42 Å². The zero-order valence-electron chi connectivity index (χ0n) is 26.0. The lowest BCUT2D eigenvalue weighted by Crippen LogP contribution is -2.21. The van der Waals surface area contributed by atoms with E-state index in [9.17, 15) is 9.59 Å². The lowest BCUT2D eigenvalue weighted by Gasteiger charge is -2.14. The van der Waals surface area contributed by atoms with Gasteiger partial charge in [0.1, 0.15) is 11.6 Å². The Morgan fingerprint density at radius 3 is 2.49 bits per heavy atom. The number of unbranched alkanes of at least 4 members (excludes halogenated alkanes) is 1. The zero-order chi connectivity index (χ0) is 32.8. The maximum absolute atomic E-state index is 13.4. The number of nitrogens with zero attached hydrogens (tertiary/aromatic N) is 4. The molecule has 0 saturated carbocycles. The molecule has 0 unspecified atom stereocenters. The quantitative estimate of drug-likeness (QED) is 0.115. The van der Waals surface area contributed by atoms with E-state index in [1.165, 1.54) is 0 Å². The van der Waals surface area contributed by atoms with Gasteiger partial charge in [-0.05, 0) is 62.2 Å². The van der Waals surface area contributed by atoms with E-state index in [1.54, 1.807) is 53.3 Å². The Morgan fingerprint density at radius 1 is 0.894 bits per heavy atom. The van der Waals surface area contributed by atoms with Crippen LogP contribution in [0.15, 0.2) is 103 Å². The second-order valence-electron chi connectivity index (χ2n) is 11.0. The van der Waals surface area contributed by atoms with Crippen molar-refractivity contribution in [2.24, 2.45) is 5.73 Å². The summed E-state index contributed by atoms with van der Waals surface area (Å²) in [5.74, 6) is 1.19. The Balaban J connectivity index is 1.21. The largest absolute Gasteiger partial charge is 0.438 e. The fraction of sp³-hybridized carbons (Fsp3) is 0.139. The number of nitrogens with two attached hydrogens (primary N) is 1. The van der Waals surface area contributed by atoms with Crippen LogP contribution in [0.5, 0.6) is 11.6 Å². The summed E-state index contributed by atoms with van der Waals surface area (Å²) in [6, 6.07) is 29.1. The average Bonchev–Trinajstić information content (AvgIpc) is 3.47. The molecule has 4 aromatic carbocycles. The fourth-order valence-electron chi connectivity index (χ4n) is 5.07. The topological polar surface area (TPSA) is 149 Å². The summed E-state index contributed by atoms with van der Waals surface area (Å²) in [6.07, 6.45) is 4.45. The highest BCUT2D eigenvalue weighted by Gasteiger charge is 2.15. The van der Waals surface area contributed by atoms with Crippen molar-refractivity contribution in [1.82, 2.24) is 19.7 Å². The minimum absolute atomic E-state index is 0.283. The molecule has 0 atom stereocenters. The van der Waals surface area contributed by atoms with E-state index in [1.807, 2.05) is 61.5 Å². The third-order valence-corrected chi connectivity index (χ3v) is 7.45. The summed E-state index contributed by atoms with van der Waals surface area (Å²) in [6.45, 7) is 4.17. The van der Waals surface area contributed by atoms with Crippen LogP contribution in [0.2, 0.25) is 0 Å². The van der Waals surface area contributed by atoms with Crippen molar-refractivity contribution in [2.75, 3.05) is 16.0 Å². The molecule has 0 radical (unpaired) electrons. The summed E-state index contributed by atoms with van der Waals surface area (Å²) in [5, 5.41) is 15.4. The first kappa shape index (κ1) is 30.8. The van der Waals surface area contributed by atoms with Crippen LogP contribution in [0.25, 0.3) is 16.5 Å². The van der Waals surface area contributed by atoms with Gasteiger partial charge < -0.3 is 21.1 Å². The SMILES string of the molecule is CCCCc1cc(NC(=O)Nc2ccc(Oc3ccnc(Nc4cccc(C(N)=O)c4)n3)c3ccccc23)n(-c2ccc(C)cc2)n1. The molecular weight excluding hydrogens is 592 g/mol. The predicted octanol–water partition coefficient (Wildman–Crippen LogP) is 7.75. The monoisotopic (exact) mass is 626 g/mol. The molecule has 0 aliphatic rings. The fourth-order valence-corrected chi connectivity index (χ4v) is 5.07. The number of rotatable bonds is 11. The molecule has 0 aliphatic carbocycles. The highest BCUT2D eigenvalue weighted by Crippen LogP contribution is 2.34. The molecule has 0 fully saturated rings. The van der Waals surface area contributed by atoms with Gasteiger partial charge in [-0.1, -0.05) is 61.4 Å². The number of fused-ring (bicyclic) bond motifs is 1. The molecule has 0 saturated heterocycles. The van der Waals surface area contributed by atoms with Gasteiger partial charge in [0.25, 0.3) is 0 Å². The van der Waals surface area contributed by atoms with Gasteiger partial charge in [-0.3, -0.25) is 10.1 Å². The Kier molecular flexibility index (Phi) is 9.05. The van der Waals surface area contributed by atoms with Crippen molar-refractivity contribution in [1.29, 1.82) is 0 Å². The van der Waals surface area contributed by atoms with Gasteiger partial charge in [0.2, 0.25) is 17.7 Å². The van der Waals surface area contributed by atoms with E-state index in [2.05, 4.69) is 32.8 Å². The number of primary amides is 1. The lowest BCUT2D eigenvalue weighted by molar-refractivity contribution is 0.1000. The van der Waals surface area contributed by atoms with Crippen molar-refractivity contribution in [3.05, 3.63) is 120 Å². The molecule has 11 nitrogen and oxygen atoms in total. The number of hydrogen-bond acceptors (Lipinski definition) is 7. The number of nitrogens with one attached hydrogen (secondary N) is 3. The number of aromatic nitrogens is 4. The van der Waals surface area contributed by atoms with Crippen molar-refractivity contribution in [3.8, 4) is 17.3 Å². The number of hydrogen-bond donors (Lipinski definition) is 4. The van der Waals surface area contributed by atoms with Crippen molar-refractivity contribution >= 4 is 45.9 Å². The minimum Gasteiger partial charge on any atom is -0.438 e. The lowest BCUT2D eigenvalue weighted by atomic mass is 10.1. The van der Waals surface area contributed by atoms with Crippen LogP contribution >= 0.6 is 0 Å². The first-order valence-corrected chi connectivity index (χ1v) is 15.3. The average molecular weight is 627 g/mol. The maximum atomic E-state index is 13.4. The molecule has 236 valence electrons. The van der Waals surface area contributed by atoms with E-state index in [4.69, 9.17) is 15.6 Å². The second kappa shape index (κ2) is 13.8. The van der Waals surface area contributed by atoms with Crippen LogP contribution in [0.4, 0.5) is 27.9 Å². The molecule has 3 amide bonds. The molecule has 5 N–H and O–H groups in total. The third kappa shape index (κ3) is 7.36. The van der Waals surface area contributed by atoms with Gasteiger partial charge >= 0.3 is 6.03 Å². The van der Waals surface area contributed by atoms with Crippen LogP contribution in [0, 0.1) is 6.92 Å². The highest BCUT2D eigenvalue weighted by atomic mass is 16.5. The number of urea groups is 1. The normalized spacial score (nSPS) is 10.9. The van der Waals surface area contributed by atoms with E-state index < -0.39 is 11.9 Å². The summed E-state index contributed by atoms with van der Waals surface area (Å²) in [7, 11) is 0. The number of benzene rings is 4. The number of carbonyl (C=O) groups is 2. The van der Waals surface area contributed by atoms with Crippen LogP contribution in [0.1, 0.15) is 41.4 Å². The smallest absolute Gasteiger partial charge is 0.324 e. The minimum atomic E-state index is -0.528. The first-order chi connectivity index (χ1) is 22.9. The van der Waals surface area contributed by atoms with E-state index >= 15 is 0 Å². The van der Waals surface area contributed by atoms with Gasteiger partial charge in [0.05, 0.1) is 17.1 Å². The summed E-state index contributed by atoms with van der Waals surface area (Å²) < 4.78 is 7.95. The third-order valence-electron chi connectivity index (χ3n) is 7.45. The summed E-state index contributed by atoms with van der Waals surface area (Å²) >= 11 is 0. The second-order valence-corrected chi connectivity index (χ2v) is 11.0. The first-order valence-electron chi connectivity index (χ1n) is 15.3. The van der Waals surface area contributed by atoms with E-state index in [0.717, 1.165) is 47.0 Å². The Labute approximate surface area is 271 Å². The summed E-state index contributed by atoms with van der Waals surface area (Å²) in [4.78, 5) is 33.7. The van der Waals surface area contributed by atoms with Gasteiger partial charge in [0.15, 0.2) is 0 Å². The molecule has 0 spiro atoms. The van der Waals surface area contributed by atoms with E-state index in [-0.39, 0.29) is 5.95 Å². The molecular formula is C36H34N8O3. The standard InChI is InChI=1S/C36H34N8O3/c1-3-4-9-26-22-32(44(43-26)27-15-13-23(2)14-16-27)41-36(46)40-30-17-18-31(29-12-6-5-11-28(29)30)47-33-19-20-38-35(42-33)39-25-10-7-8-24(21-25)34(37)45/h5-8,10-22H,3-4,9H2,1-2H3,(H2,37,45)(H,38,39,42)(H2,40,41,46). The number of anilines is 4. The Morgan fingerprint density at radius 2 is 1.70 bits per heavy atom. The van der Waals surface area contributed by atoms with Crippen molar-refractivity contribution < 1.29 is 14.3 Å². The molecule has 2 heterocycles. The number of carbonyl (C=O) groups excluding carboxylic acids is 2. The van der Waals surface area contributed by atoms with E-state index in [0.29, 0.717) is 34.4 Å². The zero-order valence-corrected chi connectivity index (χ0v) is 26.0. The molecule has 11 heteroatoms. The molecule has 47 heavy (non-hydrogen) atoms. The number of ether oxygens (including phenoxy) is 1. The van der Waals surface area contributed by atoms with Gasteiger partial charge in [-0.2, -0.15) is 10.1 Å². The van der Waals surface area contributed by atoms with Crippen molar-refractivity contribution in [2.45, 2.75) is 33.1 Å². The summed E-state index contributed by atoms with van der Waals surface area (Å²) in [5.41, 5.74) is 9.90. The molecule has 6 rings (SSSR count).